The minimum atomic E-state index is 0.434. The molecule has 0 bridgehead atoms. The number of likely N-dealkylation sites (tertiary alicyclic amines) is 1. The summed E-state index contributed by atoms with van der Waals surface area (Å²) in [6.07, 6.45) is 2.91. The smallest absolute Gasteiger partial charge is 0.228 e. The normalized spacial score (nSPS) is 21.2. The van der Waals surface area contributed by atoms with Crippen LogP contribution in [0, 0.1) is 6.92 Å². The van der Waals surface area contributed by atoms with E-state index in [0.717, 1.165) is 31.9 Å². The average molecular weight is 371 g/mol. The molecule has 7 nitrogen and oxygen atoms in total. The van der Waals surface area contributed by atoms with Crippen molar-refractivity contribution < 1.29 is 4.52 Å². The quantitative estimate of drug-likeness (QED) is 0.599. The van der Waals surface area contributed by atoms with Crippen LogP contribution in [-0.4, -0.2) is 53.2 Å². The summed E-state index contributed by atoms with van der Waals surface area (Å²) >= 11 is 0. The Labute approximate surface area is 161 Å². The van der Waals surface area contributed by atoms with Gasteiger partial charge in [0.05, 0.1) is 0 Å². The maximum Gasteiger partial charge on any atom is 0.228 e. The largest absolute Gasteiger partial charge is 0.356 e. The Morgan fingerprint density at radius 1 is 1.33 bits per heavy atom. The fourth-order valence-electron chi connectivity index (χ4n) is 3.52. The van der Waals surface area contributed by atoms with Gasteiger partial charge in [-0.1, -0.05) is 35.5 Å². The molecule has 7 heteroatoms. The fourth-order valence-corrected chi connectivity index (χ4v) is 3.52. The second-order valence-electron chi connectivity index (χ2n) is 7.16. The van der Waals surface area contributed by atoms with Gasteiger partial charge in [-0.15, -0.1) is 0 Å². The zero-order chi connectivity index (χ0) is 19.1. The molecule has 27 heavy (non-hydrogen) atoms. The molecule has 2 N–H and O–H groups in total. The molecule has 0 saturated carbocycles. The van der Waals surface area contributed by atoms with Crippen LogP contribution in [0.15, 0.2) is 39.8 Å². The van der Waals surface area contributed by atoms with Gasteiger partial charge in [-0.25, -0.2) is 0 Å². The number of nitrogens with one attached hydrogen (secondary N) is 2. The van der Waals surface area contributed by atoms with Crippen molar-refractivity contribution in [3.05, 3.63) is 47.6 Å². The first kappa shape index (κ1) is 19.4. The molecular formula is C20H30N6O. The van der Waals surface area contributed by atoms with Gasteiger partial charge in [0.25, 0.3) is 0 Å². The minimum absolute atomic E-state index is 0.434. The lowest BCUT2D eigenvalue weighted by Gasteiger charge is -2.38. The monoisotopic (exact) mass is 370 g/mol. The summed E-state index contributed by atoms with van der Waals surface area (Å²) in [4.78, 5) is 11.1. The van der Waals surface area contributed by atoms with E-state index >= 15 is 0 Å². The van der Waals surface area contributed by atoms with Crippen LogP contribution in [-0.2, 0) is 13.0 Å². The Morgan fingerprint density at radius 3 is 2.81 bits per heavy atom. The van der Waals surface area contributed by atoms with Crippen molar-refractivity contribution in [1.82, 2.24) is 25.7 Å². The van der Waals surface area contributed by atoms with Crippen LogP contribution >= 0.6 is 0 Å². The average Bonchev–Trinajstić information content (AvgIpc) is 3.09. The maximum absolute atomic E-state index is 5.14. The van der Waals surface area contributed by atoms with Crippen molar-refractivity contribution in [2.24, 2.45) is 4.99 Å². The number of benzene rings is 1. The highest BCUT2D eigenvalue weighted by Gasteiger charge is 2.25. The molecule has 1 aromatic carbocycles. The number of aryl methyl sites for hydroxylation is 1. The van der Waals surface area contributed by atoms with Crippen molar-refractivity contribution in [2.45, 2.75) is 51.7 Å². The number of hydrogen-bond donors (Lipinski definition) is 2. The van der Waals surface area contributed by atoms with Crippen LogP contribution in [0.25, 0.3) is 0 Å². The third-order valence-corrected chi connectivity index (χ3v) is 5.01. The third-order valence-electron chi connectivity index (χ3n) is 5.01. The number of nitrogens with zero attached hydrogens (tertiary/aromatic N) is 4. The molecule has 1 aromatic heterocycles. The molecule has 1 fully saturated rings. The Kier molecular flexibility index (Phi) is 6.81. The maximum atomic E-state index is 5.14. The molecular weight excluding hydrogens is 340 g/mol. The predicted octanol–water partition coefficient (Wildman–Crippen LogP) is 2.14. The number of rotatable bonds is 6. The highest BCUT2D eigenvalue weighted by Crippen LogP contribution is 2.19. The van der Waals surface area contributed by atoms with Gasteiger partial charge >= 0.3 is 0 Å². The summed E-state index contributed by atoms with van der Waals surface area (Å²) in [5, 5.41) is 10.7. The van der Waals surface area contributed by atoms with Crippen LogP contribution in [0.3, 0.4) is 0 Å². The van der Waals surface area contributed by atoms with E-state index in [1.165, 1.54) is 5.56 Å². The topological polar surface area (TPSA) is 78.6 Å². The van der Waals surface area contributed by atoms with Crippen LogP contribution in [0.1, 0.15) is 37.0 Å². The highest BCUT2D eigenvalue weighted by atomic mass is 16.5. The Hall–Kier alpha value is -2.41. The number of aromatic nitrogens is 2. The molecule has 1 saturated heterocycles. The second-order valence-corrected chi connectivity index (χ2v) is 7.16. The van der Waals surface area contributed by atoms with E-state index in [1.54, 1.807) is 7.05 Å². The van der Waals surface area contributed by atoms with Gasteiger partial charge in [-0.05, 0) is 32.3 Å². The molecule has 3 rings (SSSR count). The highest BCUT2D eigenvalue weighted by molar-refractivity contribution is 5.79. The molecule has 2 heterocycles. The van der Waals surface area contributed by atoms with Crippen molar-refractivity contribution in [2.75, 3.05) is 20.1 Å². The van der Waals surface area contributed by atoms with Crippen molar-refractivity contribution in [3.63, 3.8) is 0 Å². The van der Waals surface area contributed by atoms with E-state index in [9.17, 15) is 0 Å². The molecule has 0 aliphatic carbocycles. The summed E-state index contributed by atoms with van der Waals surface area (Å²) in [5.41, 5.74) is 1.38. The summed E-state index contributed by atoms with van der Waals surface area (Å²) in [6.45, 7) is 6.96. The first-order chi connectivity index (χ1) is 13.1. The lowest BCUT2D eigenvalue weighted by molar-refractivity contribution is 0.134. The van der Waals surface area contributed by atoms with Crippen molar-refractivity contribution in [3.8, 4) is 0 Å². The Morgan fingerprint density at radius 2 is 2.15 bits per heavy atom. The van der Waals surface area contributed by atoms with E-state index in [-0.39, 0.29) is 0 Å². The number of hydrogen-bond acceptors (Lipinski definition) is 5. The number of piperidine rings is 1. The zero-order valence-electron chi connectivity index (χ0n) is 16.5. The van der Waals surface area contributed by atoms with E-state index in [1.807, 2.05) is 6.92 Å². The SMILES string of the molecule is CN=C(NCCc1nc(C)no1)NC1CCN(Cc2ccccc2)C(C)C1. The standard InChI is InChI=1S/C20H30N6O/c1-15-13-18(10-12-26(15)14-17-7-5-4-6-8-17)24-20(21-3)22-11-9-19-23-16(2)25-27-19/h4-8,15,18H,9-14H2,1-3H3,(H2,21,22,24). The molecule has 1 aliphatic heterocycles. The molecule has 0 radical (unpaired) electrons. The fraction of sp³-hybridized carbons (Fsp3) is 0.550. The van der Waals surface area contributed by atoms with Crippen molar-refractivity contribution in [1.29, 1.82) is 0 Å². The van der Waals surface area contributed by atoms with Crippen LogP contribution in [0.5, 0.6) is 0 Å². The van der Waals surface area contributed by atoms with E-state index < -0.39 is 0 Å². The van der Waals surface area contributed by atoms with Gasteiger partial charge in [0.2, 0.25) is 5.89 Å². The molecule has 2 unspecified atom stereocenters. The van der Waals surface area contributed by atoms with Gasteiger partial charge in [-0.2, -0.15) is 4.98 Å². The zero-order valence-corrected chi connectivity index (χ0v) is 16.5. The van der Waals surface area contributed by atoms with Gasteiger partial charge in [0, 0.05) is 45.2 Å². The molecule has 0 spiro atoms. The summed E-state index contributed by atoms with van der Waals surface area (Å²) < 4.78 is 5.14. The van der Waals surface area contributed by atoms with E-state index in [2.05, 4.69) is 67.9 Å². The van der Waals surface area contributed by atoms with Crippen LogP contribution in [0.4, 0.5) is 0 Å². The van der Waals surface area contributed by atoms with Gasteiger partial charge in [0.15, 0.2) is 11.8 Å². The first-order valence-electron chi connectivity index (χ1n) is 9.68. The second kappa shape index (κ2) is 9.50. The minimum Gasteiger partial charge on any atom is -0.356 e. The molecule has 0 amide bonds. The van der Waals surface area contributed by atoms with Crippen LogP contribution in [0.2, 0.25) is 0 Å². The lowest BCUT2D eigenvalue weighted by atomic mass is 9.97. The first-order valence-corrected chi connectivity index (χ1v) is 9.68. The Balaban J connectivity index is 1.42. The number of aliphatic imine (C=N–C) groups is 1. The van der Waals surface area contributed by atoms with E-state index in [0.29, 0.717) is 36.8 Å². The van der Waals surface area contributed by atoms with Gasteiger partial charge in [0.1, 0.15) is 0 Å². The van der Waals surface area contributed by atoms with Crippen molar-refractivity contribution >= 4 is 5.96 Å². The molecule has 2 atom stereocenters. The van der Waals surface area contributed by atoms with Gasteiger partial charge < -0.3 is 15.2 Å². The summed E-state index contributed by atoms with van der Waals surface area (Å²) in [6, 6.07) is 11.7. The van der Waals surface area contributed by atoms with Gasteiger partial charge in [-0.3, -0.25) is 9.89 Å². The predicted molar refractivity (Wildman–Crippen MR) is 107 cm³/mol. The van der Waals surface area contributed by atoms with E-state index in [4.69, 9.17) is 4.52 Å². The molecule has 2 aromatic rings. The number of guanidine groups is 1. The molecule has 1 aliphatic rings. The molecule has 146 valence electrons. The third kappa shape index (κ3) is 5.79. The van der Waals surface area contributed by atoms with Crippen LogP contribution < -0.4 is 10.6 Å². The summed E-state index contributed by atoms with van der Waals surface area (Å²) in [5.74, 6) is 2.15. The Bertz CT molecular complexity index is 729. The lowest BCUT2D eigenvalue weighted by Crippen LogP contribution is -2.51. The summed E-state index contributed by atoms with van der Waals surface area (Å²) in [7, 11) is 1.81.